The van der Waals surface area contributed by atoms with E-state index in [1.54, 1.807) is 26.5 Å². The Labute approximate surface area is 282 Å². The van der Waals surface area contributed by atoms with Crippen molar-refractivity contribution in [3.05, 3.63) is 41.0 Å². The first-order chi connectivity index (χ1) is 22.6. The Balaban J connectivity index is 1.06. The Kier molecular flexibility index (Phi) is 8.93. The third-order valence-electron chi connectivity index (χ3n) is 10.0. The third kappa shape index (κ3) is 6.60. The zero-order valence-electron chi connectivity index (χ0n) is 27.9. The van der Waals surface area contributed by atoms with Gasteiger partial charge < -0.3 is 39.2 Å². The number of hydrogen-bond donors (Lipinski definition) is 2. The Hall–Kier alpha value is -3.24. The van der Waals surface area contributed by atoms with E-state index in [9.17, 15) is 4.57 Å². The molecular formula is C34H45ClN7O4P. The molecule has 47 heavy (non-hydrogen) atoms. The molecule has 252 valence electrons. The molecule has 0 radical (unpaired) electrons. The van der Waals surface area contributed by atoms with Gasteiger partial charge in [0.15, 0.2) is 17.3 Å². The number of piperidine rings is 1. The smallest absolute Gasteiger partial charge is 0.229 e. The summed E-state index contributed by atoms with van der Waals surface area (Å²) in [6, 6.07) is 8.50. The molecule has 1 aromatic heterocycles. The second kappa shape index (κ2) is 13.0. The first kappa shape index (κ1) is 32.3. The molecule has 0 bridgehead atoms. The fourth-order valence-electron chi connectivity index (χ4n) is 7.82. The molecule has 3 fully saturated rings. The van der Waals surface area contributed by atoms with Crippen molar-refractivity contribution in [2.24, 2.45) is 11.8 Å². The summed E-state index contributed by atoms with van der Waals surface area (Å²) in [7, 11) is 1.16. The molecule has 7 rings (SSSR count). The number of fused-ring (bicyclic) bond motifs is 2. The summed E-state index contributed by atoms with van der Waals surface area (Å²) < 4.78 is 30.9. The number of benzene rings is 2. The number of halogens is 1. The molecule has 2 unspecified atom stereocenters. The minimum atomic E-state index is -2.78. The van der Waals surface area contributed by atoms with Crippen LogP contribution in [0.2, 0.25) is 5.02 Å². The van der Waals surface area contributed by atoms with Gasteiger partial charge in [-0.3, -0.25) is 4.90 Å². The number of hydrogen-bond acceptors (Lipinski definition) is 11. The average Bonchev–Trinajstić information content (AvgIpc) is 3.60. The molecule has 3 saturated heterocycles. The van der Waals surface area contributed by atoms with Gasteiger partial charge in [-0.25, -0.2) is 4.98 Å². The number of nitrogens with one attached hydrogen (secondary N) is 2. The molecule has 0 aliphatic carbocycles. The normalized spacial score (nSPS) is 22.0. The van der Waals surface area contributed by atoms with Crippen molar-refractivity contribution < 1.29 is 18.8 Å². The van der Waals surface area contributed by atoms with Crippen molar-refractivity contribution in [3.8, 4) is 17.2 Å². The van der Waals surface area contributed by atoms with Crippen LogP contribution in [0.5, 0.6) is 17.2 Å². The van der Waals surface area contributed by atoms with Crippen molar-refractivity contribution in [3.63, 3.8) is 0 Å². The molecule has 5 heterocycles. The number of ether oxygens (including phenoxy) is 3. The lowest BCUT2D eigenvalue weighted by molar-refractivity contribution is 0.173. The van der Waals surface area contributed by atoms with Gasteiger partial charge in [-0.05, 0) is 75.7 Å². The second-order valence-corrected chi connectivity index (χ2v) is 17.3. The monoisotopic (exact) mass is 681 g/mol. The highest BCUT2D eigenvalue weighted by Gasteiger charge is 2.41. The summed E-state index contributed by atoms with van der Waals surface area (Å²) in [5.41, 5.74) is 3.70. The lowest BCUT2D eigenvalue weighted by Gasteiger charge is -2.39. The number of methoxy groups -OCH3 is 1. The first-order valence-corrected chi connectivity index (χ1v) is 19.5. The summed E-state index contributed by atoms with van der Waals surface area (Å²) >= 11 is 6.56. The fourth-order valence-corrected chi connectivity index (χ4v) is 9.33. The van der Waals surface area contributed by atoms with Gasteiger partial charge in [-0.2, -0.15) is 4.98 Å². The molecular weight excluding hydrogens is 637 g/mol. The van der Waals surface area contributed by atoms with Crippen LogP contribution < -0.4 is 35.0 Å². The van der Waals surface area contributed by atoms with E-state index in [1.807, 2.05) is 6.07 Å². The van der Waals surface area contributed by atoms with E-state index in [1.165, 1.54) is 50.9 Å². The van der Waals surface area contributed by atoms with Gasteiger partial charge in [-0.1, -0.05) is 11.6 Å². The zero-order chi connectivity index (χ0) is 32.9. The Morgan fingerprint density at radius 1 is 1.00 bits per heavy atom. The van der Waals surface area contributed by atoms with E-state index in [4.69, 9.17) is 25.8 Å². The molecule has 2 atom stereocenters. The molecule has 2 aromatic carbocycles. The second-order valence-electron chi connectivity index (χ2n) is 13.7. The molecule has 4 aliphatic heterocycles. The number of anilines is 5. The number of nitrogens with zero attached hydrogens (tertiary/aromatic N) is 5. The van der Waals surface area contributed by atoms with Crippen LogP contribution >= 0.6 is 18.7 Å². The molecule has 11 nitrogen and oxygen atoms in total. The Bertz CT molecular complexity index is 1680. The Morgan fingerprint density at radius 2 is 1.72 bits per heavy atom. The van der Waals surface area contributed by atoms with Gasteiger partial charge in [0.1, 0.15) is 31.1 Å². The predicted molar refractivity (Wildman–Crippen MR) is 189 cm³/mol. The molecule has 4 aliphatic rings. The van der Waals surface area contributed by atoms with E-state index < -0.39 is 7.14 Å². The highest BCUT2D eigenvalue weighted by atomic mass is 35.5. The highest BCUT2D eigenvalue weighted by molar-refractivity contribution is 7.70. The number of aromatic nitrogens is 2. The van der Waals surface area contributed by atoms with Crippen molar-refractivity contribution in [2.45, 2.75) is 25.8 Å². The van der Waals surface area contributed by atoms with E-state index in [0.29, 0.717) is 64.3 Å². The van der Waals surface area contributed by atoms with Crippen molar-refractivity contribution >= 4 is 52.9 Å². The van der Waals surface area contributed by atoms with Gasteiger partial charge in [0.2, 0.25) is 5.95 Å². The van der Waals surface area contributed by atoms with Crippen molar-refractivity contribution in [1.29, 1.82) is 0 Å². The molecule has 2 N–H and O–H groups in total. The number of aryl methyl sites for hydroxylation is 1. The van der Waals surface area contributed by atoms with E-state index in [2.05, 4.69) is 61.4 Å². The quantitative estimate of drug-likeness (QED) is 0.298. The molecule has 0 saturated carbocycles. The highest BCUT2D eigenvalue weighted by Crippen LogP contribution is 2.47. The lowest BCUT2D eigenvalue weighted by Crippen LogP contribution is -2.45. The van der Waals surface area contributed by atoms with E-state index in [0.717, 1.165) is 36.2 Å². The Morgan fingerprint density at radius 3 is 2.43 bits per heavy atom. The van der Waals surface area contributed by atoms with Crippen LogP contribution in [-0.4, -0.2) is 106 Å². The number of likely N-dealkylation sites (tertiary alicyclic amines) is 2. The summed E-state index contributed by atoms with van der Waals surface area (Å²) in [5.74, 6) is 4.20. The van der Waals surface area contributed by atoms with Crippen molar-refractivity contribution in [2.75, 3.05) is 95.5 Å². The summed E-state index contributed by atoms with van der Waals surface area (Å²) in [6.45, 7) is 13.5. The van der Waals surface area contributed by atoms with Gasteiger partial charge in [0, 0.05) is 57.1 Å². The maximum Gasteiger partial charge on any atom is 0.229 e. The van der Waals surface area contributed by atoms with Crippen molar-refractivity contribution in [1.82, 2.24) is 19.8 Å². The standard InChI is InChI=1S/C34H45ClN7O4P/c1-21-14-27(30(44-3)15-28(21)41-10-8-24(9-11-41)42-19-22-17-40(2)18-23(22)20-42)38-34-36-16-25(35)33(39-34)37-26-6-7-29-31(46-13-12-45-29)32(26)47(4,5)43/h6-7,14-16,22-24H,8-13,17-20H2,1-5H3,(H2,36,37,38,39). The van der Waals surface area contributed by atoms with Gasteiger partial charge in [0.25, 0.3) is 0 Å². The lowest BCUT2D eigenvalue weighted by atomic mass is 10.0. The maximum atomic E-state index is 13.4. The van der Waals surface area contributed by atoms with Crippen LogP contribution in [0.3, 0.4) is 0 Å². The fraction of sp³-hybridized carbons (Fsp3) is 0.529. The zero-order valence-corrected chi connectivity index (χ0v) is 29.5. The van der Waals surface area contributed by atoms with Crippen LogP contribution in [0, 0.1) is 18.8 Å². The average molecular weight is 682 g/mol. The van der Waals surface area contributed by atoms with Crippen LogP contribution in [0.25, 0.3) is 0 Å². The van der Waals surface area contributed by atoms with Crippen LogP contribution in [-0.2, 0) is 4.57 Å². The first-order valence-electron chi connectivity index (χ1n) is 16.5. The maximum absolute atomic E-state index is 13.4. The minimum Gasteiger partial charge on any atom is -0.494 e. The summed E-state index contributed by atoms with van der Waals surface area (Å²) in [4.78, 5) is 16.9. The largest absolute Gasteiger partial charge is 0.494 e. The minimum absolute atomic E-state index is 0.324. The van der Waals surface area contributed by atoms with E-state index in [-0.39, 0.29) is 0 Å². The van der Waals surface area contributed by atoms with Crippen LogP contribution in [0.15, 0.2) is 30.5 Å². The predicted octanol–water partition coefficient (Wildman–Crippen LogP) is 5.42. The summed E-state index contributed by atoms with van der Waals surface area (Å²) in [6.07, 6.45) is 3.90. The third-order valence-corrected chi connectivity index (χ3v) is 11.8. The van der Waals surface area contributed by atoms with Crippen LogP contribution in [0.1, 0.15) is 18.4 Å². The number of rotatable bonds is 8. The van der Waals surface area contributed by atoms with E-state index >= 15 is 0 Å². The van der Waals surface area contributed by atoms with Gasteiger partial charge >= 0.3 is 0 Å². The SMILES string of the molecule is COc1cc(N2CCC(N3CC4CN(C)CC4C3)CC2)c(C)cc1Nc1ncc(Cl)c(Nc2ccc3c(c2P(C)(C)=O)OCCO3)n1. The molecule has 3 aromatic rings. The molecule has 13 heteroatoms. The van der Waals surface area contributed by atoms with Gasteiger partial charge in [-0.15, -0.1) is 0 Å². The molecule has 0 spiro atoms. The topological polar surface area (TPSA) is 104 Å². The van der Waals surface area contributed by atoms with Crippen LogP contribution in [0.4, 0.5) is 28.8 Å². The van der Waals surface area contributed by atoms with Gasteiger partial charge in [0.05, 0.1) is 30.0 Å². The summed E-state index contributed by atoms with van der Waals surface area (Å²) in [5, 5.41) is 7.50. The molecule has 0 amide bonds.